The van der Waals surface area contributed by atoms with Crippen LogP contribution < -0.4 is 5.73 Å². The number of rotatable bonds is 4. The molecule has 0 aliphatic heterocycles. The van der Waals surface area contributed by atoms with Gasteiger partial charge in [0.1, 0.15) is 11.5 Å². The lowest BCUT2D eigenvalue weighted by atomic mass is 10.0. The molecule has 0 bridgehead atoms. The first-order valence-corrected chi connectivity index (χ1v) is 4.72. The number of esters is 1. The molecule has 1 rings (SSSR count). The molecule has 7 heteroatoms. The van der Waals surface area contributed by atoms with Gasteiger partial charge >= 0.3 is 5.97 Å². The van der Waals surface area contributed by atoms with Crippen molar-refractivity contribution >= 4 is 5.97 Å². The van der Waals surface area contributed by atoms with Crippen molar-refractivity contribution in [3.8, 4) is 0 Å². The van der Waals surface area contributed by atoms with E-state index in [2.05, 4.69) is 9.72 Å². The van der Waals surface area contributed by atoms with Crippen molar-refractivity contribution in [3.05, 3.63) is 28.8 Å². The molecule has 0 saturated heterocycles. The van der Waals surface area contributed by atoms with E-state index in [0.717, 1.165) is 7.11 Å². The van der Waals surface area contributed by atoms with Gasteiger partial charge in [-0.2, -0.15) is 0 Å². The average molecular weight is 248 g/mol. The SMILES string of the molecule is COC(=O)Cc1c(C(F)F)ncc(F)c1CN. The van der Waals surface area contributed by atoms with Gasteiger partial charge in [-0.3, -0.25) is 9.78 Å². The fourth-order valence-electron chi connectivity index (χ4n) is 1.40. The standard InChI is InChI=1S/C10H11F3N2O2/c1-17-8(16)2-5-6(3-14)7(11)4-15-9(5)10(12)13/h4,10H,2-3,14H2,1H3. The maximum atomic E-state index is 13.3. The summed E-state index contributed by atoms with van der Waals surface area (Å²) in [6.45, 7) is -0.291. The lowest BCUT2D eigenvalue weighted by molar-refractivity contribution is -0.139. The average Bonchev–Trinajstić information content (AvgIpc) is 2.28. The molecule has 0 fully saturated rings. The highest BCUT2D eigenvalue weighted by molar-refractivity contribution is 5.73. The number of alkyl halides is 2. The van der Waals surface area contributed by atoms with E-state index in [1.165, 1.54) is 0 Å². The highest BCUT2D eigenvalue weighted by Crippen LogP contribution is 2.25. The van der Waals surface area contributed by atoms with E-state index in [1.54, 1.807) is 0 Å². The number of ether oxygens (including phenoxy) is 1. The Labute approximate surface area is 95.6 Å². The zero-order valence-corrected chi connectivity index (χ0v) is 9.04. The first-order chi connectivity index (χ1) is 8.01. The van der Waals surface area contributed by atoms with E-state index in [0.29, 0.717) is 6.20 Å². The van der Waals surface area contributed by atoms with Crippen molar-refractivity contribution < 1.29 is 22.7 Å². The molecule has 0 amide bonds. The van der Waals surface area contributed by atoms with Gasteiger partial charge in [0.25, 0.3) is 6.43 Å². The number of carbonyl (C=O) groups is 1. The molecule has 0 radical (unpaired) electrons. The van der Waals surface area contributed by atoms with Crippen LogP contribution in [0, 0.1) is 5.82 Å². The minimum Gasteiger partial charge on any atom is -0.469 e. The summed E-state index contributed by atoms with van der Waals surface area (Å²) >= 11 is 0. The smallest absolute Gasteiger partial charge is 0.310 e. The Morgan fingerprint density at radius 2 is 2.18 bits per heavy atom. The maximum absolute atomic E-state index is 13.3. The monoisotopic (exact) mass is 248 g/mol. The molecule has 2 N–H and O–H groups in total. The zero-order valence-electron chi connectivity index (χ0n) is 9.04. The lowest BCUT2D eigenvalue weighted by Gasteiger charge is -2.12. The number of pyridine rings is 1. The number of nitrogens with two attached hydrogens (primary N) is 1. The Kier molecular flexibility index (Phi) is 4.45. The molecule has 0 aliphatic rings. The third kappa shape index (κ3) is 2.94. The molecule has 0 saturated carbocycles. The van der Waals surface area contributed by atoms with Gasteiger partial charge < -0.3 is 10.5 Å². The van der Waals surface area contributed by atoms with Crippen LogP contribution in [0.2, 0.25) is 0 Å². The summed E-state index contributed by atoms with van der Waals surface area (Å²) in [5, 5.41) is 0. The second-order valence-corrected chi connectivity index (χ2v) is 3.21. The minimum atomic E-state index is -2.90. The Balaban J connectivity index is 3.28. The number of carbonyl (C=O) groups excluding carboxylic acids is 1. The van der Waals surface area contributed by atoms with Gasteiger partial charge in [0.05, 0.1) is 19.7 Å². The minimum absolute atomic E-state index is 0.138. The van der Waals surface area contributed by atoms with Crippen LogP contribution in [-0.2, 0) is 22.5 Å². The van der Waals surface area contributed by atoms with Crippen molar-refractivity contribution in [1.29, 1.82) is 0 Å². The van der Waals surface area contributed by atoms with Gasteiger partial charge in [0.2, 0.25) is 0 Å². The molecular weight excluding hydrogens is 237 g/mol. The lowest BCUT2D eigenvalue weighted by Crippen LogP contribution is -2.15. The van der Waals surface area contributed by atoms with Crippen molar-refractivity contribution in [3.63, 3.8) is 0 Å². The summed E-state index contributed by atoms with van der Waals surface area (Å²) in [4.78, 5) is 14.4. The molecule has 0 aromatic carbocycles. The first kappa shape index (κ1) is 13.4. The third-order valence-electron chi connectivity index (χ3n) is 2.24. The van der Waals surface area contributed by atoms with Gasteiger partial charge in [-0.1, -0.05) is 0 Å². The van der Waals surface area contributed by atoms with Crippen LogP contribution in [0.4, 0.5) is 13.2 Å². The van der Waals surface area contributed by atoms with Gasteiger partial charge in [-0.15, -0.1) is 0 Å². The summed E-state index contributed by atoms with van der Waals surface area (Å²) < 4.78 is 43.0. The van der Waals surface area contributed by atoms with Crippen LogP contribution in [-0.4, -0.2) is 18.1 Å². The van der Waals surface area contributed by atoms with E-state index >= 15 is 0 Å². The van der Waals surface area contributed by atoms with Crippen LogP contribution in [0.1, 0.15) is 23.2 Å². The largest absolute Gasteiger partial charge is 0.469 e. The van der Waals surface area contributed by atoms with E-state index < -0.39 is 30.3 Å². The number of halogens is 3. The molecule has 1 aromatic rings. The molecule has 1 heterocycles. The molecule has 94 valence electrons. The fraction of sp³-hybridized carbons (Fsp3) is 0.400. The van der Waals surface area contributed by atoms with Crippen LogP contribution in [0.25, 0.3) is 0 Å². The number of hydrogen-bond acceptors (Lipinski definition) is 4. The van der Waals surface area contributed by atoms with Crippen molar-refractivity contribution in [2.45, 2.75) is 19.4 Å². The Hall–Kier alpha value is -1.63. The first-order valence-electron chi connectivity index (χ1n) is 4.72. The number of hydrogen-bond donors (Lipinski definition) is 1. The van der Waals surface area contributed by atoms with Gasteiger partial charge in [0, 0.05) is 12.1 Å². The van der Waals surface area contributed by atoms with Crippen LogP contribution in [0.15, 0.2) is 6.20 Å². The molecule has 0 unspecified atom stereocenters. The summed E-state index contributed by atoms with van der Waals surface area (Å²) in [6.07, 6.45) is -2.71. The summed E-state index contributed by atoms with van der Waals surface area (Å²) in [7, 11) is 1.11. The number of methoxy groups -OCH3 is 1. The predicted octanol–water partition coefficient (Wildman–Crippen LogP) is 1.33. The zero-order chi connectivity index (χ0) is 13.0. The molecule has 1 aromatic heterocycles. The molecule has 0 atom stereocenters. The summed E-state index contributed by atoms with van der Waals surface area (Å²) in [5.41, 5.74) is 4.29. The van der Waals surface area contributed by atoms with E-state index in [9.17, 15) is 18.0 Å². The predicted molar refractivity (Wildman–Crippen MR) is 52.8 cm³/mol. The van der Waals surface area contributed by atoms with Crippen LogP contribution in [0.3, 0.4) is 0 Å². The van der Waals surface area contributed by atoms with E-state index in [1.807, 2.05) is 0 Å². The van der Waals surface area contributed by atoms with E-state index in [4.69, 9.17) is 5.73 Å². The Morgan fingerprint density at radius 3 is 2.65 bits per heavy atom. The van der Waals surface area contributed by atoms with Gasteiger partial charge in [-0.05, 0) is 5.56 Å². The number of nitrogens with zero attached hydrogens (tertiary/aromatic N) is 1. The van der Waals surface area contributed by atoms with Crippen molar-refractivity contribution in [2.75, 3.05) is 7.11 Å². The summed E-state index contributed by atoms with van der Waals surface area (Å²) in [6, 6.07) is 0. The highest BCUT2D eigenvalue weighted by atomic mass is 19.3. The second-order valence-electron chi connectivity index (χ2n) is 3.21. The molecular formula is C10H11F3N2O2. The van der Waals surface area contributed by atoms with Gasteiger partial charge in [-0.25, -0.2) is 13.2 Å². The quantitative estimate of drug-likeness (QED) is 0.816. The highest BCUT2D eigenvalue weighted by Gasteiger charge is 2.22. The topological polar surface area (TPSA) is 65.2 Å². The van der Waals surface area contributed by atoms with E-state index in [-0.39, 0.29) is 17.7 Å². The van der Waals surface area contributed by atoms with Crippen molar-refractivity contribution in [2.24, 2.45) is 5.73 Å². The van der Waals surface area contributed by atoms with Crippen LogP contribution in [0.5, 0.6) is 0 Å². The molecule has 0 aliphatic carbocycles. The molecule has 17 heavy (non-hydrogen) atoms. The summed E-state index contributed by atoms with van der Waals surface area (Å²) in [5.74, 6) is -1.56. The maximum Gasteiger partial charge on any atom is 0.310 e. The van der Waals surface area contributed by atoms with Crippen molar-refractivity contribution in [1.82, 2.24) is 4.98 Å². The molecule has 0 spiro atoms. The normalized spacial score (nSPS) is 10.7. The fourth-order valence-corrected chi connectivity index (χ4v) is 1.40. The number of aromatic nitrogens is 1. The second kappa shape index (κ2) is 5.62. The third-order valence-corrected chi connectivity index (χ3v) is 2.24. The molecule has 4 nitrogen and oxygen atoms in total. The Bertz CT molecular complexity index is 424. The Morgan fingerprint density at radius 1 is 1.53 bits per heavy atom. The van der Waals surface area contributed by atoms with Crippen LogP contribution >= 0.6 is 0 Å². The van der Waals surface area contributed by atoms with Gasteiger partial charge in [0.15, 0.2) is 0 Å².